The number of rotatable bonds is 8. The summed E-state index contributed by atoms with van der Waals surface area (Å²) in [6.07, 6.45) is 2.02. The number of nitro groups is 1. The monoisotopic (exact) mass is 326 g/mol. The molecule has 0 aliphatic carbocycles. The standard InChI is InChI=1S/C15H23FN4O3/c16-5-10-19-8-3-12(4-9-19)17-6-7-18-13-1-2-14(20(22)23)15(21)11-13/h1-2,11-12,17-18,21H,3-10H2. The first kappa shape index (κ1) is 17.4. The highest BCUT2D eigenvalue weighted by molar-refractivity contribution is 5.57. The number of hydrogen-bond donors (Lipinski definition) is 3. The molecule has 0 aromatic heterocycles. The predicted octanol–water partition coefficient (Wildman–Crippen LogP) is 1.74. The number of anilines is 1. The van der Waals surface area contributed by atoms with Crippen molar-refractivity contribution in [2.24, 2.45) is 0 Å². The largest absolute Gasteiger partial charge is 0.502 e. The molecule has 7 nitrogen and oxygen atoms in total. The summed E-state index contributed by atoms with van der Waals surface area (Å²) in [6.45, 7) is 3.49. The van der Waals surface area contributed by atoms with E-state index in [1.54, 1.807) is 6.07 Å². The lowest BCUT2D eigenvalue weighted by Gasteiger charge is -2.31. The third-order valence-electron chi connectivity index (χ3n) is 4.05. The van der Waals surface area contributed by atoms with Gasteiger partial charge in [0.15, 0.2) is 5.75 Å². The second-order valence-electron chi connectivity index (χ2n) is 5.65. The number of halogens is 1. The van der Waals surface area contributed by atoms with Gasteiger partial charge in [0.05, 0.1) is 4.92 Å². The maximum absolute atomic E-state index is 12.3. The number of nitrogens with zero attached hydrogens (tertiary/aromatic N) is 2. The molecule has 0 radical (unpaired) electrons. The highest BCUT2D eigenvalue weighted by Gasteiger charge is 2.18. The average molecular weight is 326 g/mol. The molecule has 3 N–H and O–H groups in total. The van der Waals surface area contributed by atoms with Gasteiger partial charge in [0.2, 0.25) is 0 Å². The summed E-state index contributed by atoms with van der Waals surface area (Å²) in [6, 6.07) is 4.66. The second kappa shape index (κ2) is 8.64. The van der Waals surface area contributed by atoms with Crippen molar-refractivity contribution in [3.63, 3.8) is 0 Å². The minimum atomic E-state index is -0.615. The first-order chi connectivity index (χ1) is 11.1. The van der Waals surface area contributed by atoms with Gasteiger partial charge in [-0.25, -0.2) is 4.39 Å². The predicted molar refractivity (Wildman–Crippen MR) is 86.7 cm³/mol. The number of hydrogen-bond acceptors (Lipinski definition) is 6. The maximum atomic E-state index is 12.3. The van der Waals surface area contributed by atoms with Crippen LogP contribution in [0.25, 0.3) is 0 Å². The van der Waals surface area contributed by atoms with Crippen LogP contribution < -0.4 is 10.6 Å². The fourth-order valence-electron chi connectivity index (χ4n) is 2.75. The van der Waals surface area contributed by atoms with Gasteiger partial charge in [-0.3, -0.25) is 10.1 Å². The molecule has 0 unspecified atom stereocenters. The number of aromatic hydroxyl groups is 1. The van der Waals surface area contributed by atoms with E-state index in [0.717, 1.165) is 32.5 Å². The van der Waals surface area contributed by atoms with Crippen molar-refractivity contribution in [1.29, 1.82) is 0 Å². The number of benzene rings is 1. The van der Waals surface area contributed by atoms with Crippen molar-refractivity contribution in [1.82, 2.24) is 10.2 Å². The third kappa shape index (κ3) is 5.33. The van der Waals surface area contributed by atoms with Crippen molar-refractivity contribution in [2.45, 2.75) is 18.9 Å². The Hall–Kier alpha value is -1.93. The van der Waals surface area contributed by atoms with Crippen molar-refractivity contribution in [2.75, 3.05) is 44.7 Å². The highest BCUT2D eigenvalue weighted by atomic mass is 19.1. The number of phenolic OH excluding ortho intramolecular Hbond substituents is 1. The Bertz CT molecular complexity index is 521. The minimum Gasteiger partial charge on any atom is -0.502 e. The summed E-state index contributed by atoms with van der Waals surface area (Å²) >= 11 is 0. The van der Waals surface area contributed by atoms with Gasteiger partial charge < -0.3 is 20.6 Å². The van der Waals surface area contributed by atoms with Crippen LogP contribution in [-0.4, -0.2) is 60.4 Å². The Labute approximate surface area is 134 Å². The number of nitro benzene ring substituents is 1. The van der Waals surface area contributed by atoms with Crippen molar-refractivity contribution >= 4 is 11.4 Å². The summed E-state index contributed by atoms with van der Waals surface area (Å²) < 4.78 is 12.3. The topological polar surface area (TPSA) is 90.7 Å². The van der Waals surface area contributed by atoms with Crippen LogP contribution in [0, 0.1) is 10.1 Å². The molecule has 1 heterocycles. The summed E-state index contributed by atoms with van der Waals surface area (Å²) in [5, 5.41) is 26.7. The van der Waals surface area contributed by atoms with Gasteiger partial charge in [0, 0.05) is 43.5 Å². The van der Waals surface area contributed by atoms with E-state index in [1.807, 2.05) is 0 Å². The molecule has 1 fully saturated rings. The molecule has 0 amide bonds. The van der Waals surface area contributed by atoms with Gasteiger partial charge in [0.1, 0.15) is 6.67 Å². The van der Waals surface area contributed by atoms with Crippen LogP contribution in [0.15, 0.2) is 18.2 Å². The molecule has 23 heavy (non-hydrogen) atoms. The molecule has 2 rings (SSSR count). The molecule has 1 aromatic rings. The molecule has 0 spiro atoms. The van der Waals surface area contributed by atoms with Gasteiger partial charge in [-0.2, -0.15) is 0 Å². The number of piperidine rings is 1. The van der Waals surface area contributed by atoms with Crippen LogP contribution in [0.5, 0.6) is 5.75 Å². The fraction of sp³-hybridized carbons (Fsp3) is 0.600. The average Bonchev–Trinajstić information content (AvgIpc) is 2.53. The smallest absolute Gasteiger partial charge is 0.310 e. The minimum absolute atomic E-state index is 0.288. The lowest BCUT2D eigenvalue weighted by molar-refractivity contribution is -0.385. The van der Waals surface area contributed by atoms with Crippen molar-refractivity contribution in [3.05, 3.63) is 28.3 Å². The number of likely N-dealkylation sites (tertiary alicyclic amines) is 1. The molecule has 0 bridgehead atoms. The first-order valence-electron chi connectivity index (χ1n) is 7.83. The van der Waals surface area contributed by atoms with Crippen molar-refractivity contribution < 1.29 is 14.4 Å². The zero-order chi connectivity index (χ0) is 16.7. The van der Waals surface area contributed by atoms with E-state index >= 15 is 0 Å². The summed E-state index contributed by atoms with van der Waals surface area (Å²) in [4.78, 5) is 12.1. The van der Waals surface area contributed by atoms with Crippen molar-refractivity contribution in [3.8, 4) is 5.75 Å². The zero-order valence-electron chi connectivity index (χ0n) is 13.0. The lowest BCUT2D eigenvalue weighted by Crippen LogP contribution is -2.44. The molecule has 8 heteroatoms. The van der Waals surface area contributed by atoms with E-state index in [9.17, 15) is 19.6 Å². The molecule has 0 saturated carbocycles. The molecule has 0 atom stereocenters. The van der Waals surface area contributed by atoms with Gasteiger partial charge in [0.25, 0.3) is 0 Å². The van der Waals surface area contributed by atoms with E-state index in [0.29, 0.717) is 24.8 Å². The summed E-state index contributed by atoms with van der Waals surface area (Å²) in [5.41, 5.74) is 0.348. The Balaban J connectivity index is 1.66. The highest BCUT2D eigenvalue weighted by Crippen LogP contribution is 2.28. The lowest BCUT2D eigenvalue weighted by atomic mass is 10.1. The van der Waals surface area contributed by atoms with Gasteiger partial charge >= 0.3 is 5.69 Å². The SMILES string of the molecule is O=[N+]([O-])c1ccc(NCCNC2CCN(CCF)CC2)cc1O. The quantitative estimate of drug-likeness (QED) is 0.383. The molecule has 1 aliphatic rings. The molecule has 1 aromatic carbocycles. The Morgan fingerprint density at radius 2 is 2.09 bits per heavy atom. The van der Waals surface area contributed by atoms with Crippen LogP contribution in [0.3, 0.4) is 0 Å². The van der Waals surface area contributed by atoms with Crippen LogP contribution in [0.2, 0.25) is 0 Å². The van der Waals surface area contributed by atoms with Crippen LogP contribution >= 0.6 is 0 Å². The molecule has 128 valence electrons. The number of alkyl halides is 1. The van der Waals surface area contributed by atoms with Crippen LogP contribution in [0.4, 0.5) is 15.8 Å². The fourth-order valence-corrected chi connectivity index (χ4v) is 2.75. The van der Waals surface area contributed by atoms with Crippen LogP contribution in [0.1, 0.15) is 12.8 Å². The van der Waals surface area contributed by atoms with Gasteiger partial charge in [-0.15, -0.1) is 0 Å². The summed E-state index contributed by atoms with van der Waals surface area (Å²) in [7, 11) is 0. The number of nitrogens with one attached hydrogen (secondary N) is 2. The van der Waals surface area contributed by atoms with Crippen LogP contribution in [-0.2, 0) is 0 Å². The van der Waals surface area contributed by atoms with E-state index in [4.69, 9.17) is 0 Å². The number of phenols is 1. The van der Waals surface area contributed by atoms with E-state index < -0.39 is 4.92 Å². The Kier molecular flexibility index (Phi) is 6.54. The molecule has 1 aliphatic heterocycles. The zero-order valence-corrected chi connectivity index (χ0v) is 13.0. The molecular weight excluding hydrogens is 303 g/mol. The molecule has 1 saturated heterocycles. The Morgan fingerprint density at radius 3 is 2.70 bits per heavy atom. The Morgan fingerprint density at radius 1 is 1.35 bits per heavy atom. The third-order valence-corrected chi connectivity index (χ3v) is 4.05. The maximum Gasteiger partial charge on any atom is 0.310 e. The van der Waals surface area contributed by atoms with Gasteiger partial charge in [-0.05, 0) is 32.0 Å². The molecular formula is C15H23FN4O3. The van der Waals surface area contributed by atoms with E-state index in [-0.39, 0.29) is 18.1 Å². The van der Waals surface area contributed by atoms with E-state index in [2.05, 4.69) is 15.5 Å². The summed E-state index contributed by atoms with van der Waals surface area (Å²) in [5.74, 6) is -0.340. The second-order valence-corrected chi connectivity index (χ2v) is 5.65. The van der Waals surface area contributed by atoms with E-state index in [1.165, 1.54) is 12.1 Å². The first-order valence-corrected chi connectivity index (χ1v) is 7.83. The normalized spacial score (nSPS) is 16.4. The van der Waals surface area contributed by atoms with Gasteiger partial charge in [-0.1, -0.05) is 0 Å².